The Morgan fingerprint density at radius 2 is 2.00 bits per heavy atom. The van der Waals surface area contributed by atoms with Gasteiger partial charge in [0.15, 0.2) is 11.5 Å². The van der Waals surface area contributed by atoms with Crippen LogP contribution in [0.1, 0.15) is 56.3 Å². The Morgan fingerprint density at radius 1 is 1.22 bits per heavy atom. The standard InChI is InChI=1S/C21H29N3O3/c1-5-26-18-9-7-8-15(19(18)27-6-2)12-24-11-10-16-17(13-24)22-20(14(3)4)23-21(16)25/h7-9,14H,5-6,10-13H2,1-4H3,(H,22,23,25). The van der Waals surface area contributed by atoms with Gasteiger partial charge >= 0.3 is 0 Å². The number of fused-ring (bicyclic) bond motifs is 1. The lowest BCUT2D eigenvalue weighted by Gasteiger charge is -2.28. The molecule has 1 N–H and O–H groups in total. The molecular formula is C21H29N3O3. The van der Waals surface area contributed by atoms with Crippen LogP contribution >= 0.6 is 0 Å². The van der Waals surface area contributed by atoms with E-state index < -0.39 is 0 Å². The van der Waals surface area contributed by atoms with Crippen molar-refractivity contribution < 1.29 is 9.47 Å². The van der Waals surface area contributed by atoms with Gasteiger partial charge in [-0.15, -0.1) is 0 Å². The van der Waals surface area contributed by atoms with E-state index >= 15 is 0 Å². The molecule has 0 spiro atoms. The van der Waals surface area contributed by atoms with E-state index in [2.05, 4.69) is 16.0 Å². The Kier molecular flexibility index (Phi) is 6.16. The highest BCUT2D eigenvalue weighted by molar-refractivity contribution is 5.46. The Morgan fingerprint density at radius 3 is 2.70 bits per heavy atom. The minimum Gasteiger partial charge on any atom is -0.490 e. The fourth-order valence-electron chi connectivity index (χ4n) is 3.43. The van der Waals surface area contributed by atoms with Gasteiger partial charge in [-0.3, -0.25) is 9.69 Å². The molecule has 1 aromatic heterocycles. The van der Waals surface area contributed by atoms with E-state index in [4.69, 9.17) is 14.5 Å². The summed E-state index contributed by atoms with van der Waals surface area (Å²) in [5.41, 5.74) is 2.83. The zero-order chi connectivity index (χ0) is 19.4. The summed E-state index contributed by atoms with van der Waals surface area (Å²) in [6.45, 7) is 11.5. The monoisotopic (exact) mass is 371 g/mol. The van der Waals surface area contributed by atoms with Crippen LogP contribution < -0.4 is 15.0 Å². The van der Waals surface area contributed by atoms with Crippen molar-refractivity contribution in [3.05, 3.63) is 51.2 Å². The second-order valence-corrected chi connectivity index (χ2v) is 7.10. The average molecular weight is 371 g/mol. The number of nitrogens with one attached hydrogen (secondary N) is 1. The zero-order valence-corrected chi connectivity index (χ0v) is 16.7. The molecule has 0 fully saturated rings. The van der Waals surface area contributed by atoms with Gasteiger partial charge in [-0.1, -0.05) is 26.0 Å². The lowest BCUT2D eigenvalue weighted by Crippen LogP contribution is -2.35. The van der Waals surface area contributed by atoms with Crippen LogP contribution in [0.25, 0.3) is 0 Å². The van der Waals surface area contributed by atoms with Gasteiger partial charge in [-0.2, -0.15) is 0 Å². The van der Waals surface area contributed by atoms with Crippen molar-refractivity contribution in [2.45, 2.75) is 53.1 Å². The molecule has 2 heterocycles. The Hall–Kier alpha value is -2.34. The third-order valence-corrected chi connectivity index (χ3v) is 4.76. The molecule has 1 aliphatic rings. The number of para-hydroxylation sites is 1. The van der Waals surface area contributed by atoms with Crippen molar-refractivity contribution in [2.75, 3.05) is 19.8 Å². The van der Waals surface area contributed by atoms with Crippen molar-refractivity contribution in [1.82, 2.24) is 14.9 Å². The maximum atomic E-state index is 12.4. The maximum absolute atomic E-state index is 12.4. The van der Waals surface area contributed by atoms with Gasteiger partial charge in [-0.05, 0) is 26.3 Å². The normalized spacial score (nSPS) is 14.3. The first-order valence-electron chi connectivity index (χ1n) is 9.75. The van der Waals surface area contributed by atoms with E-state index in [1.807, 2.05) is 39.8 Å². The number of aromatic nitrogens is 2. The van der Waals surface area contributed by atoms with Crippen LogP contribution in [-0.4, -0.2) is 34.6 Å². The number of hydrogen-bond acceptors (Lipinski definition) is 5. The van der Waals surface area contributed by atoms with E-state index in [9.17, 15) is 4.79 Å². The summed E-state index contributed by atoms with van der Waals surface area (Å²) in [5, 5.41) is 0. The van der Waals surface area contributed by atoms with Gasteiger partial charge in [0.25, 0.3) is 5.56 Å². The van der Waals surface area contributed by atoms with Gasteiger partial charge in [0.2, 0.25) is 0 Å². The topological polar surface area (TPSA) is 67.5 Å². The largest absolute Gasteiger partial charge is 0.490 e. The highest BCUT2D eigenvalue weighted by Gasteiger charge is 2.23. The summed E-state index contributed by atoms with van der Waals surface area (Å²) in [5.74, 6) is 2.56. The van der Waals surface area contributed by atoms with Crippen LogP contribution in [0.15, 0.2) is 23.0 Å². The quantitative estimate of drug-likeness (QED) is 0.809. The molecule has 0 saturated carbocycles. The lowest BCUT2D eigenvalue weighted by molar-refractivity contribution is 0.230. The van der Waals surface area contributed by atoms with Crippen LogP contribution in [0.5, 0.6) is 11.5 Å². The Balaban J connectivity index is 1.84. The van der Waals surface area contributed by atoms with E-state index in [1.165, 1.54) is 0 Å². The minimum absolute atomic E-state index is 0.0108. The van der Waals surface area contributed by atoms with Crippen LogP contribution in [0.3, 0.4) is 0 Å². The molecular weight excluding hydrogens is 342 g/mol. The number of hydrogen-bond donors (Lipinski definition) is 1. The van der Waals surface area contributed by atoms with Gasteiger partial charge in [0.1, 0.15) is 5.82 Å². The first-order chi connectivity index (χ1) is 13.0. The van der Waals surface area contributed by atoms with Crippen molar-refractivity contribution in [3.8, 4) is 11.5 Å². The molecule has 0 amide bonds. The average Bonchev–Trinajstić information content (AvgIpc) is 2.64. The summed E-state index contributed by atoms with van der Waals surface area (Å²) < 4.78 is 11.6. The molecule has 0 aliphatic carbocycles. The molecule has 6 nitrogen and oxygen atoms in total. The van der Waals surface area contributed by atoms with Gasteiger partial charge in [0.05, 0.1) is 18.9 Å². The summed E-state index contributed by atoms with van der Waals surface area (Å²) in [7, 11) is 0. The first-order valence-corrected chi connectivity index (χ1v) is 9.75. The maximum Gasteiger partial charge on any atom is 0.254 e. The van der Waals surface area contributed by atoms with Gasteiger partial charge in [0, 0.05) is 36.7 Å². The molecule has 6 heteroatoms. The SMILES string of the molecule is CCOc1cccc(CN2CCc3c(nc(C(C)C)[nH]c3=O)C2)c1OCC. The molecule has 0 unspecified atom stereocenters. The van der Waals surface area contributed by atoms with Crippen LogP contribution in [-0.2, 0) is 19.5 Å². The van der Waals surface area contributed by atoms with Crippen molar-refractivity contribution in [3.63, 3.8) is 0 Å². The second kappa shape index (κ2) is 8.57. The van der Waals surface area contributed by atoms with Crippen molar-refractivity contribution >= 4 is 0 Å². The fraction of sp³-hybridized carbons (Fsp3) is 0.524. The molecule has 0 radical (unpaired) electrons. The molecule has 1 aromatic carbocycles. The molecule has 2 aromatic rings. The van der Waals surface area contributed by atoms with Gasteiger partial charge in [-0.25, -0.2) is 4.98 Å². The minimum atomic E-state index is 0.0108. The number of aromatic amines is 1. The number of nitrogens with zero attached hydrogens (tertiary/aromatic N) is 2. The molecule has 0 saturated heterocycles. The van der Waals surface area contributed by atoms with E-state index in [-0.39, 0.29) is 11.5 Å². The third kappa shape index (κ3) is 4.33. The van der Waals surface area contributed by atoms with Crippen LogP contribution in [0.2, 0.25) is 0 Å². The highest BCUT2D eigenvalue weighted by atomic mass is 16.5. The van der Waals surface area contributed by atoms with E-state index in [1.54, 1.807) is 0 Å². The summed E-state index contributed by atoms with van der Waals surface area (Å²) in [6, 6.07) is 6.02. The predicted molar refractivity (Wildman–Crippen MR) is 106 cm³/mol. The molecule has 0 atom stereocenters. The lowest BCUT2D eigenvalue weighted by atomic mass is 10.0. The molecule has 146 valence electrons. The fourth-order valence-corrected chi connectivity index (χ4v) is 3.43. The molecule has 27 heavy (non-hydrogen) atoms. The summed E-state index contributed by atoms with van der Waals surface area (Å²) in [6.07, 6.45) is 0.713. The van der Waals surface area contributed by atoms with Gasteiger partial charge < -0.3 is 14.5 Å². The van der Waals surface area contributed by atoms with E-state index in [0.29, 0.717) is 26.2 Å². The van der Waals surface area contributed by atoms with Crippen LogP contribution in [0, 0.1) is 0 Å². The van der Waals surface area contributed by atoms with E-state index in [0.717, 1.165) is 47.2 Å². The highest BCUT2D eigenvalue weighted by Crippen LogP contribution is 2.33. The van der Waals surface area contributed by atoms with Crippen molar-refractivity contribution in [1.29, 1.82) is 0 Å². The summed E-state index contributed by atoms with van der Waals surface area (Å²) >= 11 is 0. The van der Waals surface area contributed by atoms with Crippen LogP contribution in [0.4, 0.5) is 0 Å². The molecule has 3 rings (SSSR count). The number of rotatable bonds is 7. The number of benzene rings is 1. The number of ether oxygens (including phenoxy) is 2. The zero-order valence-electron chi connectivity index (χ0n) is 16.7. The molecule has 0 bridgehead atoms. The first kappa shape index (κ1) is 19.4. The predicted octanol–water partition coefficient (Wildman–Crippen LogP) is 3.25. The van der Waals surface area contributed by atoms with Crippen molar-refractivity contribution in [2.24, 2.45) is 0 Å². The summed E-state index contributed by atoms with van der Waals surface area (Å²) in [4.78, 5) is 22.3. The second-order valence-electron chi connectivity index (χ2n) is 7.10. The smallest absolute Gasteiger partial charge is 0.254 e. The number of H-pyrrole nitrogens is 1. The third-order valence-electron chi connectivity index (χ3n) is 4.76. The molecule has 1 aliphatic heterocycles. The Labute approximate surface area is 160 Å². The Bertz CT molecular complexity index is 845.